The Morgan fingerprint density at radius 1 is 1.63 bits per heavy atom. The van der Waals surface area contributed by atoms with Gasteiger partial charge < -0.3 is 20.9 Å². The fourth-order valence-corrected chi connectivity index (χ4v) is 1.57. The lowest BCUT2D eigenvalue weighted by molar-refractivity contribution is -0.142. The van der Waals surface area contributed by atoms with Crippen molar-refractivity contribution >= 4 is 11.9 Å². The molecule has 1 heterocycles. The Bertz CT molecular complexity index is 442. The second kappa shape index (κ2) is 6.86. The van der Waals surface area contributed by atoms with E-state index >= 15 is 0 Å². The van der Waals surface area contributed by atoms with Crippen molar-refractivity contribution in [3.8, 4) is 0 Å². The van der Waals surface area contributed by atoms with Gasteiger partial charge in [0.25, 0.3) is 0 Å². The molecule has 0 radical (unpaired) electrons. The topological polar surface area (TPSA) is 119 Å². The molecule has 8 nitrogen and oxygen atoms in total. The molecule has 4 N–H and O–H groups in total. The standard InChI is InChI=1S/C11H18N4O4/c1-15-6-7(5-13-15)10(11(17)18)14-9(16)3-8(4-12)19-2/h5-6,8,10H,3-4,12H2,1-2H3,(H,14,16)(H,17,18). The Morgan fingerprint density at radius 2 is 2.32 bits per heavy atom. The van der Waals surface area contributed by atoms with E-state index in [0.29, 0.717) is 5.56 Å². The highest BCUT2D eigenvalue weighted by molar-refractivity contribution is 5.84. The van der Waals surface area contributed by atoms with Crippen molar-refractivity contribution in [3.05, 3.63) is 18.0 Å². The molecule has 1 amide bonds. The van der Waals surface area contributed by atoms with Crippen molar-refractivity contribution in [1.82, 2.24) is 15.1 Å². The second-order valence-electron chi connectivity index (χ2n) is 4.08. The van der Waals surface area contributed by atoms with E-state index in [-0.39, 0.29) is 13.0 Å². The Labute approximate surface area is 110 Å². The number of hydrogen-bond acceptors (Lipinski definition) is 5. The number of amides is 1. The molecule has 0 spiro atoms. The molecule has 0 bridgehead atoms. The molecule has 0 saturated carbocycles. The van der Waals surface area contributed by atoms with E-state index in [9.17, 15) is 9.59 Å². The van der Waals surface area contributed by atoms with Gasteiger partial charge in [-0.05, 0) is 0 Å². The maximum atomic E-state index is 11.7. The minimum absolute atomic E-state index is 0.0110. The summed E-state index contributed by atoms with van der Waals surface area (Å²) in [6.45, 7) is 0.189. The molecule has 2 unspecified atom stereocenters. The molecule has 2 atom stereocenters. The third-order valence-corrected chi connectivity index (χ3v) is 2.62. The molecule has 0 fully saturated rings. The summed E-state index contributed by atoms with van der Waals surface area (Å²) in [5.41, 5.74) is 5.81. The highest BCUT2D eigenvalue weighted by atomic mass is 16.5. The summed E-state index contributed by atoms with van der Waals surface area (Å²) in [5, 5.41) is 15.4. The Hall–Kier alpha value is -1.93. The van der Waals surface area contributed by atoms with Crippen molar-refractivity contribution in [1.29, 1.82) is 0 Å². The zero-order valence-electron chi connectivity index (χ0n) is 10.9. The molecule has 0 aliphatic heterocycles. The van der Waals surface area contributed by atoms with E-state index < -0.39 is 24.0 Å². The van der Waals surface area contributed by atoms with Gasteiger partial charge in [0.1, 0.15) is 0 Å². The average molecular weight is 270 g/mol. The van der Waals surface area contributed by atoms with Gasteiger partial charge in [0.2, 0.25) is 5.91 Å². The van der Waals surface area contributed by atoms with E-state index in [1.54, 1.807) is 7.05 Å². The number of aromatic nitrogens is 2. The van der Waals surface area contributed by atoms with Gasteiger partial charge >= 0.3 is 5.97 Å². The minimum Gasteiger partial charge on any atom is -0.479 e. The van der Waals surface area contributed by atoms with Gasteiger partial charge in [-0.3, -0.25) is 9.48 Å². The maximum absolute atomic E-state index is 11.7. The number of carbonyl (C=O) groups excluding carboxylic acids is 1. The van der Waals surface area contributed by atoms with Crippen LogP contribution in [0.5, 0.6) is 0 Å². The smallest absolute Gasteiger partial charge is 0.331 e. The van der Waals surface area contributed by atoms with E-state index in [1.807, 2.05) is 0 Å². The Morgan fingerprint density at radius 3 is 2.74 bits per heavy atom. The first-order chi connectivity index (χ1) is 8.97. The summed E-state index contributed by atoms with van der Waals surface area (Å²) in [6.07, 6.45) is 2.52. The number of carbonyl (C=O) groups is 2. The third kappa shape index (κ3) is 4.34. The number of nitrogens with two attached hydrogens (primary N) is 1. The summed E-state index contributed by atoms with van der Waals surface area (Å²) >= 11 is 0. The zero-order valence-corrected chi connectivity index (χ0v) is 10.9. The number of ether oxygens (including phenoxy) is 1. The number of hydrogen-bond donors (Lipinski definition) is 3. The molecule has 106 valence electrons. The Balaban J connectivity index is 2.69. The molecule has 1 aromatic heterocycles. The number of carboxylic acids is 1. The number of methoxy groups -OCH3 is 1. The summed E-state index contributed by atoms with van der Waals surface area (Å²) in [7, 11) is 3.11. The summed E-state index contributed by atoms with van der Waals surface area (Å²) in [4.78, 5) is 22.9. The number of aryl methyl sites for hydroxylation is 1. The normalized spacial score (nSPS) is 13.8. The van der Waals surface area contributed by atoms with E-state index in [0.717, 1.165) is 0 Å². The first-order valence-corrected chi connectivity index (χ1v) is 5.71. The van der Waals surface area contributed by atoms with Gasteiger partial charge in [0.05, 0.1) is 18.7 Å². The van der Waals surface area contributed by atoms with Crippen molar-refractivity contribution in [2.45, 2.75) is 18.6 Å². The highest BCUT2D eigenvalue weighted by Crippen LogP contribution is 2.12. The summed E-state index contributed by atoms with van der Waals surface area (Å²) < 4.78 is 6.44. The van der Waals surface area contributed by atoms with Crippen LogP contribution in [-0.2, 0) is 21.4 Å². The number of carboxylic acid groups (broad SMARTS) is 1. The summed E-state index contributed by atoms with van der Waals surface area (Å²) in [5.74, 6) is -1.59. The molecule has 8 heteroatoms. The number of aliphatic carboxylic acids is 1. The van der Waals surface area contributed by atoms with Gasteiger partial charge in [0.15, 0.2) is 6.04 Å². The predicted octanol–water partition coefficient (Wildman–Crippen LogP) is -0.974. The molecule has 19 heavy (non-hydrogen) atoms. The first kappa shape index (κ1) is 15.1. The van der Waals surface area contributed by atoms with Gasteiger partial charge in [0, 0.05) is 32.5 Å². The van der Waals surface area contributed by atoms with Crippen LogP contribution in [0.2, 0.25) is 0 Å². The maximum Gasteiger partial charge on any atom is 0.331 e. The van der Waals surface area contributed by atoms with Crippen LogP contribution in [0.15, 0.2) is 12.4 Å². The molecular weight excluding hydrogens is 252 g/mol. The lowest BCUT2D eigenvalue weighted by atomic mass is 10.1. The van der Waals surface area contributed by atoms with Gasteiger partial charge in [-0.15, -0.1) is 0 Å². The van der Waals surface area contributed by atoms with E-state index in [4.69, 9.17) is 15.6 Å². The van der Waals surface area contributed by atoms with Crippen LogP contribution >= 0.6 is 0 Å². The van der Waals surface area contributed by atoms with Crippen LogP contribution in [0, 0.1) is 0 Å². The van der Waals surface area contributed by atoms with Crippen LogP contribution in [0.3, 0.4) is 0 Å². The fourth-order valence-electron chi connectivity index (χ4n) is 1.57. The van der Waals surface area contributed by atoms with Gasteiger partial charge in [-0.1, -0.05) is 0 Å². The number of nitrogens with one attached hydrogen (secondary N) is 1. The quantitative estimate of drug-likeness (QED) is 0.586. The van der Waals surface area contributed by atoms with E-state index in [2.05, 4.69) is 10.4 Å². The van der Waals surface area contributed by atoms with Crippen molar-refractivity contribution in [2.75, 3.05) is 13.7 Å². The second-order valence-corrected chi connectivity index (χ2v) is 4.08. The van der Waals surface area contributed by atoms with Gasteiger partial charge in [-0.25, -0.2) is 4.79 Å². The van der Waals surface area contributed by atoms with Crippen molar-refractivity contribution < 1.29 is 19.4 Å². The monoisotopic (exact) mass is 270 g/mol. The van der Waals surface area contributed by atoms with Gasteiger partial charge in [-0.2, -0.15) is 5.10 Å². The molecule has 1 aromatic rings. The Kier molecular flexibility index (Phi) is 5.46. The first-order valence-electron chi connectivity index (χ1n) is 5.71. The lowest BCUT2D eigenvalue weighted by Gasteiger charge is -2.16. The van der Waals surface area contributed by atoms with Crippen LogP contribution < -0.4 is 11.1 Å². The molecule has 0 aliphatic rings. The number of nitrogens with zero attached hydrogens (tertiary/aromatic N) is 2. The van der Waals surface area contributed by atoms with Crippen LogP contribution in [0.4, 0.5) is 0 Å². The van der Waals surface area contributed by atoms with Crippen molar-refractivity contribution in [2.24, 2.45) is 12.8 Å². The number of rotatable bonds is 7. The fraction of sp³-hybridized carbons (Fsp3) is 0.545. The SMILES string of the molecule is COC(CN)CC(=O)NC(C(=O)O)c1cnn(C)c1. The minimum atomic E-state index is -1.15. The molecular formula is C11H18N4O4. The highest BCUT2D eigenvalue weighted by Gasteiger charge is 2.24. The third-order valence-electron chi connectivity index (χ3n) is 2.62. The van der Waals surface area contributed by atoms with Crippen LogP contribution in [0.25, 0.3) is 0 Å². The molecule has 0 saturated heterocycles. The lowest BCUT2D eigenvalue weighted by Crippen LogP contribution is -2.37. The molecule has 0 aliphatic carbocycles. The zero-order chi connectivity index (χ0) is 14.4. The molecule has 0 aromatic carbocycles. The van der Waals surface area contributed by atoms with E-state index in [1.165, 1.54) is 24.2 Å². The van der Waals surface area contributed by atoms with Crippen LogP contribution in [-0.4, -0.2) is 46.5 Å². The summed E-state index contributed by atoms with van der Waals surface area (Å²) in [6, 6.07) is -1.13. The largest absolute Gasteiger partial charge is 0.479 e. The predicted molar refractivity (Wildman–Crippen MR) is 66.2 cm³/mol. The van der Waals surface area contributed by atoms with Crippen LogP contribution in [0.1, 0.15) is 18.0 Å². The average Bonchev–Trinajstić information content (AvgIpc) is 2.79. The van der Waals surface area contributed by atoms with Crippen molar-refractivity contribution in [3.63, 3.8) is 0 Å². The molecule has 1 rings (SSSR count).